The van der Waals surface area contributed by atoms with Crippen LogP contribution in [0.15, 0.2) is 47.6 Å². The fraction of sp³-hybridized carbons (Fsp3) is 0.200. The van der Waals surface area contributed by atoms with E-state index in [4.69, 9.17) is 11.6 Å². The molecule has 1 heterocycles. The fourth-order valence-corrected chi connectivity index (χ4v) is 2.66. The number of aromatic nitrogens is 1. The molecule has 0 aliphatic carbocycles. The van der Waals surface area contributed by atoms with E-state index in [1.54, 1.807) is 25.2 Å². The van der Waals surface area contributed by atoms with Crippen LogP contribution in [0.2, 0.25) is 5.02 Å². The number of hydrogen-bond donors (Lipinski definition) is 0. The van der Waals surface area contributed by atoms with Gasteiger partial charge in [0.2, 0.25) is 0 Å². The summed E-state index contributed by atoms with van der Waals surface area (Å²) in [6.45, 7) is 0.284. The Morgan fingerprint density at radius 3 is 2.73 bits per heavy atom. The molecule has 116 valence electrons. The van der Waals surface area contributed by atoms with Gasteiger partial charge >= 0.3 is 0 Å². The van der Waals surface area contributed by atoms with Gasteiger partial charge in [-0.05, 0) is 35.5 Å². The van der Waals surface area contributed by atoms with Gasteiger partial charge in [-0.3, -0.25) is 4.79 Å². The highest BCUT2D eigenvalue weighted by atomic mass is 35.5. The predicted molar refractivity (Wildman–Crippen MR) is 83.3 cm³/mol. The number of carbonyl (C=O) groups excluding carboxylic acids is 1. The first-order valence-electron chi connectivity index (χ1n) is 6.37. The maximum atomic E-state index is 12.5. The van der Waals surface area contributed by atoms with Crippen LogP contribution in [-0.2, 0) is 6.54 Å². The molecule has 0 radical (unpaired) electrons. The van der Waals surface area contributed by atoms with Crippen molar-refractivity contribution in [2.75, 3.05) is 7.05 Å². The van der Waals surface area contributed by atoms with Crippen molar-refractivity contribution in [3.8, 4) is 0 Å². The highest BCUT2D eigenvalue weighted by molar-refractivity contribution is 7.99. The summed E-state index contributed by atoms with van der Waals surface area (Å²) >= 11 is 6.33. The second kappa shape index (κ2) is 7.56. The Morgan fingerprint density at radius 1 is 1.32 bits per heavy atom. The zero-order valence-corrected chi connectivity index (χ0v) is 13.2. The predicted octanol–water partition coefficient (Wildman–Crippen LogP) is 4.32. The Hall–Kier alpha value is -1.66. The fourth-order valence-electron chi connectivity index (χ4n) is 1.89. The summed E-state index contributed by atoms with van der Waals surface area (Å²) in [6, 6.07) is 10.2. The second-order valence-corrected chi connectivity index (χ2v) is 5.87. The van der Waals surface area contributed by atoms with Crippen LogP contribution in [0.3, 0.4) is 0 Å². The van der Waals surface area contributed by atoms with Crippen molar-refractivity contribution < 1.29 is 13.6 Å². The largest absolute Gasteiger partial charge is 0.337 e. The average molecular weight is 343 g/mol. The summed E-state index contributed by atoms with van der Waals surface area (Å²) in [4.78, 5) is 17.7. The highest BCUT2D eigenvalue weighted by Gasteiger charge is 2.20. The van der Waals surface area contributed by atoms with E-state index in [1.807, 2.05) is 12.1 Å². The molecule has 0 atom stereocenters. The highest BCUT2D eigenvalue weighted by Crippen LogP contribution is 2.27. The zero-order chi connectivity index (χ0) is 16.1. The first kappa shape index (κ1) is 16.7. The third-order valence-corrected chi connectivity index (χ3v) is 4.01. The maximum Gasteiger partial charge on any atom is 0.290 e. The maximum absolute atomic E-state index is 12.5. The molecule has 0 bridgehead atoms. The number of benzene rings is 1. The molecule has 0 saturated heterocycles. The lowest BCUT2D eigenvalue weighted by Crippen LogP contribution is -2.27. The average Bonchev–Trinajstić information content (AvgIpc) is 2.49. The van der Waals surface area contributed by atoms with Crippen LogP contribution in [0, 0.1) is 0 Å². The number of carbonyl (C=O) groups is 1. The second-order valence-electron chi connectivity index (χ2n) is 4.49. The lowest BCUT2D eigenvalue weighted by molar-refractivity contribution is 0.0781. The molecule has 2 aromatic rings. The van der Waals surface area contributed by atoms with Crippen molar-refractivity contribution in [1.82, 2.24) is 9.88 Å². The summed E-state index contributed by atoms with van der Waals surface area (Å²) in [7, 11) is 1.59. The molecular formula is C15H13ClF2N2OS. The molecule has 2 rings (SSSR count). The number of alkyl halides is 2. The van der Waals surface area contributed by atoms with Crippen LogP contribution >= 0.6 is 23.4 Å². The van der Waals surface area contributed by atoms with Crippen molar-refractivity contribution in [1.29, 1.82) is 0 Å². The van der Waals surface area contributed by atoms with Crippen molar-refractivity contribution in [3.63, 3.8) is 0 Å². The molecule has 0 saturated carbocycles. The number of hydrogen-bond acceptors (Lipinski definition) is 3. The first-order chi connectivity index (χ1) is 10.5. The van der Waals surface area contributed by atoms with Crippen LogP contribution in [0.4, 0.5) is 8.78 Å². The Balaban J connectivity index is 2.19. The number of amides is 1. The molecule has 22 heavy (non-hydrogen) atoms. The lowest BCUT2D eigenvalue weighted by Gasteiger charge is -2.19. The third-order valence-electron chi connectivity index (χ3n) is 2.91. The molecule has 3 nitrogen and oxygen atoms in total. The summed E-state index contributed by atoms with van der Waals surface area (Å²) < 4.78 is 25.1. The van der Waals surface area contributed by atoms with E-state index in [2.05, 4.69) is 4.98 Å². The van der Waals surface area contributed by atoms with Gasteiger partial charge in [0.1, 0.15) is 5.03 Å². The van der Waals surface area contributed by atoms with Gasteiger partial charge in [0, 0.05) is 24.8 Å². The first-order valence-corrected chi connectivity index (χ1v) is 7.63. The zero-order valence-electron chi connectivity index (χ0n) is 11.7. The van der Waals surface area contributed by atoms with E-state index in [0.29, 0.717) is 5.02 Å². The normalized spacial score (nSPS) is 10.8. The topological polar surface area (TPSA) is 33.2 Å². The molecular weight excluding hydrogens is 330 g/mol. The van der Waals surface area contributed by atoms with Crippen molar-refractivity contribution in [2.45, 2.75) is 17.3 Å². The van der Waals surface area contributed by atoms with Crippen LogP contribution < -0.4 is 0 Å². The standard InChI is InChI=1S/C15H13ClF2N2OS/c1-20(9-10-5-2-3-7-12(10)16)14(21)11-6-4-8-19-13(11)22-15(17)18/h2-8,15H,9H2,1H3. The van der Waals surface area contributed by atoms with Crippen molar-refractivity contribution in [2.24, 2.45) is 0 Å². The minimum Gasteiger partial charge on any atom is -0.337 e. The quantitative estimate of drug-likeness (QED) is 0.759. The molecule has 0 unspecified atom stereocenters. The Morgan fingerprint density at radius 2 is 2.05 bits per heavy atom. The van der Waals surface area contributed by atoms with Gasteiger partial charge < -0.3 is 4.90 Å². The van der Waals surface area contributed by atoms with E-state index in [0.717, 1.165) is 5.56 Å². The number of rotatable bonds is 5. The van der Waals surface area contributed by atoms with E-state index in [1.165, 1.54) is 17.2 Å². The minimum absolute atomic E-state index is 0.0218. The van der Waals surface area contributed by atoms with E-state index in [-0.39, 0.29) is 34.8 Å². The monoisotopic (exact) mass is 342 g/mol. The molecule has 0 N–H and O–H groups in total. The molecule has 0 fully saturated rings. The third kappa shape index (κ3) is 4.18. The Bertz CT molecular complexity index is 669. The van der Waals surface area contributed by atoms with Gasteiger partial charge in [-0.25, -0.2) is 4.98 Å². The van der Waals surface area contributed by atoms with Gasteiger partial charge in [0.25, 0.3) is 11.7 Å². The SMILES string of the molecule is CN(Cc1ccccc1Cl)C(=O)c1cccnc1SC(F)F. The number of nitrogens with zero attached hydrogens (tertiary/aromatic N) is 2. The van der Waals surface area contributed by atoms with Crippen LogP contribution in [-0.4, -0.2) is 28.6 Å². The van der Waals surface area contributed by atoms with Gasteiger partial charge in [-0.1, -0.05) is 29.8 Å². The van der Waals surface area contributed by atoms with E-state index >= 15 is 0 Å². The lowest BCUT2D eigenvalue weighted by atomic mass is 10.2. The molecule has 1 amide bonds. The van der Waals surface area contributed by atoms with Crippen LogP contribution in [0.25, 0.3) is 0 Å². The van der Waals surface area contributed by atoms with E-state index < -0.39 is 5.76 Å². The van der Waals surface area contributed by atoms with Crippen LogP contribution in [0.5, 0.6) is 0 Å². The number of pyridine rings is 1. The van der Waals surface area contributed by atoms with Gasteiger partial charge in [0.15, 0.2) is 0 Å². The summed E-state index contributed by atoms with van der Waals surface area (Å²) in [6.07, 6.45) is 1.38. The number of thioether (sulfide) groups is 1. The number of halogens is 3. The van der Waals surface area contributed by atoms with Gasteiger partial charge in [0.05, 0.1) is 5.56 Å². The molecule has 0 spiro atoms. The molecule has 1 aromatic heterocycles. The Labute approximate surface area is 136 Å². The van der Waals surface area contributed by atoms with E-state index in [9.17, 15) is 13.6 Å². The molecule has 0 aliphatic heterocycles. The summed E-state index contributed by atoms with van der Waals surface area (Å²) in [5.41, 5.74) is 0.939. The Kier molecular flexibility index (Phi) is 5.74. The molecule has 0 aliphatic rings. The van der Waals surface area contributed by atoms with Gasteiger partial charge in [-0.15, -0.1) is 0 Å². The van der Waals surface area contributed by atoms with Crippen molar-refractivity contribution >= 4 is 29.3 Å². The summed E-state index contributed by atoms with van der Waals surface area (Å²) in [5.74, 6) is -3.01. The van der Waals surface area contributed by atoms with Crippen molar-refractivity contribution in [3.05, 3.63) is 58.7 Å². The summed E-state index contributed by atoms with van der Waals surface area (Å²) in [5, 5.41) is 0.573. The minimum atomic E-state index is -2.63. The molecule has 1 aromatic carbocycles. The molecule has 7 heteroatoms. The van der Waals surface area contributed by atoms with Gasteiger partial charge in [-0.2, -0.15) is 8.78 Å². The van der Waals surface area contributed by atoms with Crippen LogP contribution in [0.1, 0.15) is 15.9 Å². The smallest absolute Gasteiger partial charge is 0.290 e.